The van der Waals surface area contributed by atoms with Crippen LogP contribution >= 0.6 is 11.8 Å². The Morgan fingerprint density at radius 3 is 2.30 bits per heavy atom. The topological polar surface area (TPSA) is 18.5 Å². The van der Waals surface area contributed by atoms with E-state index in [4.69, 9.17) is 9.31 Å². The van der Waals surface area contributed by atoms with Crippen LogP contribution in [0.1, 0.15) is 34.1 Å². The van der Waals surface area contributed by atoms with Crippen LogP contribution in [0.25, 0.3) is 0 Å². The molecule has 1 aliphatic carbocycles. The van der Waals surface area contributed by atoms with E-state index in [1.807, 2.05) is 11.8 Å². The summed E-state index contributed by atoms with van der Waals surface area (Å²) < 4.78 is 12.3. The largest absolute Gasteiger partial charge is 0.461 e. The Kier molecular flexibility index (Phi) is 3.68. The first-order chi connectivity index (χ1) is 9.39. The van der Waals surface area contributed by atoms with Gasteiger partial charge in [-0.3, -0.25) is 0 Å². The normalized spacial score (nSPS) is 30.5. The fraction of sp³-hybridized carbons (Fsp3) is 0.625. The van der Waals surface area contributed by atoms with Crippen LogP contribution < -0.4 is 0 Å². The van der Waals surface area contributed by atoms with Crippen molar-refractivity contribution in [2.24, 2.45) is 5.92 Å². The van der Waals surface area contributed by atoms with Crippen LogP contribution in [0.2, 0.25) is 5.82 Å². The molecule has 1 saturated carbocycles. The van der Waals surface area contributed by atoms with Gasteiger partial charge in [0.25, 0.3) is 0 Å². The second kappa shape index (κ2) is 5.08. The second-order valence-electron chi connectivity index (χ2n) is 6.91. The van der Waals surface area contributed by atoms with Gasteiger partial charge < -0.3 is 9.31 Å². The van der Waals surface area contributed by atoms with Gasteiger partial charge in [0.1, 0.15) is 0 Å². The number of hydrogen-bond acceptors (Lipinski definition) is 3. The highest BCUT2D eigenvalue weighted by molar-refractivity contribution is 7.99. The highest BCUT2D eigenvalue weighted by Crippen LogP contribution is 2.54. The molecule has 1 aliphatic heterocycles. The van der Waals surface area contributed by atoms with E-state index in [9.17, 15) is 0 Å². The summed E-state index contributed by atoms with van der Waals surface area (Å²) in [5, 5.41) is 0. The minimum Gasteiger partial charge on any atom is -0.403 e. The predicted molar refractivity (Wildman–Crippen MR) is 85.1 cm³/mol. The quantitative estimate of drug-likeness (QED) is 0.609. The molecule has 1 aromatic carbocycles. The average molecular weight is 290 g/mol. The third-order valence-corrected chi connectivity index (χ3v) is 6.01. The smallest absolute Gasteiger partial charge is 0.403 e. The molecule has 0 aromatic heterocycles. The predicted octanol–water partition coefficient (Wildman–Crippen LogP) is 4.26. The van der Waals surface area contributed by atoms with Crippen LogP contribution in [0.15, 0.2) is 35.2 Å². The second-order valence-corrected chi connectivity index (χ2v) is 8.00. The average Bonchev–Trinajstić information content (AvgIpc) is 3.11. The van der Waals surface area contributed by atoms with Gasteiger partial charge >= 0.3 is 7.12 Å². The summed E-state index contributed by atoms with van der Waals surface area (Å²) in [5.74, 6) is 2.47. The summed E-state index contributed by atoms with van der Waals surface area (Å²) in [4.78, 5) is 1.35. The standard InChI is InChI=1S/C16H23BO2S/c1-15(2)16(3,4)19-17(18-15)14-10-12(14)11-20-13-8-6-5-7-9-13/h5-9,12,14H,10-11H2,1-4H3/t12-,14+/m1/s1. The van der Waals surface area contributed by atoms with Crippen molar-refractivity contribution >= 4 is 18.9 Å². The van der Waals surface area contributed by atoms with Gasteiger partial charge in [-0.1, -0.05) is 18.2 Å². The van der Waals surface area contributed by atoms with Crippen LogP contribution in [0.4, 0.5) is 0 Å². The van der Waals surface area contributed by atoms with Gasteiger partial charge in [0.2, 0.25) is 0 Å². The van der Waals surface area contributed by atoms with Crippen molar-refractivity contribution in [3.63, 3.8) is 0 Å². The molecule has 1 aromatic rings. The summed E-state index contributed by atoms with van der Waals surface area (Å²) in [6, 6.07) is 10.6. The van der Waals surface area contributed by atoms with Crippen molar-refractivity contribution < 1.29 is 9.31 Å². The maximum Gasteiger partial charge on any atom is 0.461 e. The molecule has 4 heteroatoms. The van der Waals surface area contributed by atoms with Crippen molar-refractivity contribution in [3.05, 3.63) is 30.3 Å². The van der Waals surface area contributed by atoms with Gasteiger partial charge in [-0.05, 0) is 58.0 Å². The molecule has 1 heterocycles. The summed E-state index contributed by atoms with van der Waals surface area (Å²) in [5.41, 5.74) is -0.394. The lowest BCUT2D eigenvalue weighted by Crippen LogP contribution is -2.41. The Labute approximate surface area is 126 Å². The first-order valence-electron chi connectivity index (χ1n) is 7.42. The van der Waals surface area contributed by atoms with Gasteiger partial charge in [0, 0.05) is 10.6 Å². The third kappa shape index (κ3) is 2.79. The minimum atomic E-state index is -0.197. The minimum absolute atomic E-state index is 0.0126. The Morgan fingerprint density at radius 2 is 1.70 bits per heavy atom. The van der Waals surface area contributed by atoms with Crippen molar-refractivity contribution in [3.8, 4) is 0 Å². The van der Waals surface area contributed by atoms with E-state index in [-0.39, 0.29) is 18.3 Å². The molecule has 0 radical (unpaired) electrons. The molecule has 2 fully saturated rings. The third-order valence-electron chi connectivity index (χ3n) is 4.81. The van der Waals surface area contributed by atoms with Gasteiger partial charge in [0.05, 0.1) is 11.2 Å². The van der Waals surface area contributed by atoms with Crippen molar-refractivity contribution in [2.45, 2.75) is 56.0 Å². The molecule has 0 unspecified atom stereocenters. The van der Waals surface area contributed by atoms with Gasteiger partial charge in [0.15, 0.2) is 0 Å². The SMILES string of the molecule is CC1(C)OB([C@H]2C[C@@H]2CSc2ccccc2)OC1(C)C. The molecule has 0 amide bonds. The number of thioether (sulfide) groups is 1. The fourth-order valence-electron chi connectivity index (χ4n) is 2.58. The van der Waals surface area contributed by atoms with E-state index >= 15 is 0 Å². The Bertz CT molecular complexity index is 459. The number of benzene rings is 1. The number of hydrogen-bond donors (Lipinski definition) is 0. The van der Waals surface area contributed by atoms with Gasteiger partial charge in [-0.25, -0.2) is 0 Å². The fourth-order valence-corrected chi connectivity index (χ4v) is 3.72. The lowest BCUT2D eigenvalue weighted by molar-refractivity contribution is 0.00578. The van der Waals surface area contributed by atoms with E-state index in [0.29, 0.717) is 5.82 Å². The molecule has 0 bridgehead atoms. The zero-order valence-corrected chi connectivity index (χ0v) is 13.6. The molecular formula is C16H23BO2S. The molecule has 2 atom stereocenters. The molecule has 1 saturated heterocycles. The monoisotopic (exact) mass is 290 g/mol. The molecule has 0 N–H and O–H groups in total. The van der Waals surface area contributed by atoms with Gasteiger partial charge in [-0.15, -0.1) is 11.8 Å². The maximum atomic E-state index is 6.14. The van der Waals surface area contributed by atoms with E-state index < -0.39 is 0 Å². The molecule has 20 heavy (non-hydrogen) atoms. The van der Waals surface area contributed by atoms with Crippen molar-refractivity contribution in [1.82, 2.24) is 0 Å². The molecule has 0 spiro atoms. The first kappa shape index (κ1) is 14.5. The van der Waals surface area contributed by atoms with E-state index in [0.717, 1.165) is 5.92 Å². The lowest BCUT2D eigenvalue weighted by Gasteiger charge is -2.32. The van der Waals surface area contributed by atoms with Crippen LogP contribution in [0.3, 0.4) is 0 Å². The Morgan fingerprint density at radius 1 is 1.10 bits per heavy atom. The molecule has 108 valence electrons. The Balaban J connectivity index is 1.51. The maximum absolute atomic E-state index is 6.14. The highest BCUT2D eigenvalue weighted by Gasteiger charge is 2.59. The summed E-state index contributed by atoms with van der Waals surface area (Å²) in [7, 11) is -0.0126. The molecule has 2 nitrogen and oxygen atoms in total. The van der Waals surface area contributed by atoms with Crippen LogP contribution in [0, 0.1) is 5.92 Å². The lowest BCUT2D eigenvalue weighted by atomic mass is 9.81. The van der Waals surface area contributed by atoms with Crippen LogP contribution in [-0.2, 0) is 9.31 Å². The zero-order chi connectivity index (χ0) is 14.4. The van der Waals surface area contributed by atoms with Gasteiger partial charge in [-0.2, -0.15) is 0 Å². The van der Waals surface area contributed by atoms with Crippen molar-refractivity contribution in [2.75, 3.05) is 5.75 Å². The van der Waals surface area contributed by atoms with E-state index in [2.05, 4.69) is 58.0 Å². The van der Waals surface area contributed by atoms with E-state index in [1.54, 1.807) is 0 Å². The highest BCUT2D eigenvalue weighted by atomic mass is 32.2. The summed E-state index contributed by atoms with van der Waals surface area (Å²) in [6.45, 7) is 8.51. The Hall–Kier alpha value is -0.445. The van der Waals surface area contributed by atoms with Crippen molar-refractivity contribution in [1.29, 1.82) is 0 Å². The summed E-state index contributed by atoms with van der Waals surface area (Å²) >= 11 is 1.94. The van der Waals surface area contributed by atoms with Crippen LogP contribution in [-0.4, -0.2) is 24.1 Å². The molecule has 2 aliphatic rings. The zero-order valence-electron chi connectivity index (χ0n) is 12.8. The first-order valence-corrected chi connectivity index (χ1v) is 8.41. The van der Waals surface area contributed by atoms with E-state index in [1.165, 1.54) is 17.1 Å². The van der Waals surface area contributed by atoms with Crippen LogP contribution in [0.5, 0.6) is 0 Å². The number of rotatable bonds is 4. The molecular weight excluding hydrogens is 267 g/mol. The summed E-state index contributed by atoms with van der Waals surface area (Å²) in [6.07, 6.45) is 1.23. The molecule has 3 rings (SSSR count).